The SMILES string of the molecule is CC(F)(Cl)C(=O)OC(F)(F)F. The van der Waals surface area contributed by atoms with Gasteiger partial charge in [0.05, 0.1) is 0 Å². The first-order chi connectivity index (χ1) is 4.63. The van der Waals surface area contributed by atoms with Crippen LogP contribution in [0.25, 0.3) is 0 Å². The predicted molar refractivity (Wildman–Crippen MR) is 27.5 cm³/mol. The predicted octanol–water partition coefficient (Wildman–Crippen LogP) is 1.97. The van der Waals surface area contributed by atoms with Crippen molar-refractivity contribution in [2.45, 2.75) is 18.4 Å². The third kappa shape index (κ3) is 4.83. The molecule has 0 spiro atoms. The molecule has 0 aromatic carbocycles. The van der Waals surface area contributed by atoms with Crippen molar-refractivity contribution >= 4 is 17.6 Å². The summed E-state index contributed by atoms with van der Waals surface area (Å²) in [6.45, 7) is 0.447. The van der Waals surface area contributed by atoms with Gasteiger partial charge in [0.25, 0.3) is 5.13 Å². The average molecular weight is 195 g/mol. The smallest absolute Gasteiger partial charge is 0.370 e. The highest BCUT2D eigenvalue weighted by atomic mass is 35.5. The number of esters is 1. The largest absolute Gasteiger partial charge is 0.575 e. The van der Waals surface area contributed by atoms with E-state index in [2.05, 4.69) is 16.3 Å². The van der Waals surface area contributed by atoms with Gasteiger partial charge in [-0.2, -0.15) is 0 Å². The van der Waals surface area contributed by atoms with E-state index in [9.17, 15) is 22.4 Å². The Morgan fingerprint density at radius 1 is 1.36 bits per heavy atom. The van der Waals surface area contributed by atoms with E-state index in [1.807, 2.05) is 0 Å². The quantitative estimate of drug-likeness (QED) is 0.362. The molecule has 0 saturated heterocycles. The van der Waals surface area contributed by atoms with Crippen LogP contribution in [0, 0.1) is 0 Å². The van der Waals surface area contributed by atoms with Gasteiger partial charge >= 0.3 is 12.3 Å². The average Bonchev–Trinajstić information content (AvgIpc) is 1.56. The summed E-state index contributed by atoms with van der Waals surface area (Å²) in [6, 6.07) is 0. The molecular weight excluding hydrogens is 191 g/mol. The molecule has 0 aliphatic heterocycles. The molecule has 0 aromatic rings. The van der Waals surface area contributed by atoms with E-state index >= 15 is 0 Å². The highest BCUT2D eigenvalue weighted by molar-refractivity contribution is 6.32. The van der Waals surface area contributed by atoms with Gasteiger partial charge in [0, 0.05) is 0 Å². The lowest BCUT2D eigenvalue weighted by Gasteiger charge is -2.12. The molecule has 0 aliphatic carbocycles. The lowest BCUT2D eigenvalue weighted by Crippen LogP contribution is -2.31. The van der Waals surface area contributed by atoms with E-state index in [1.165, 1.54) is 0 Å². The summed E-state index contributed by atoms with van der Waals surface area (Å²) < 4.78 is 48.3. The first-order valence-corrected chi connectivity index (χ1v) is 2.69. The standard InChI is InChI=1S/C4H3ClF4O2/c1-3(5,6)2(10)11-4(7,8)9/h1H3. The molecule has 0 heterocycles. The van der Waals surface area contributed by atoms with Gasteiger partial charge < -0.3 is 4.74 Å². The molecule has 11 heavy (non-hydrogen) atoms. The number of halogens is 5. The molecule has 1 atom stereocenters. The summed E-state index contributed by atoms with van der Waals surface area (Å²) in [5, 5.41) is -3.14. The summed E-state index contributed by atoms with van der Waals surface area (Å²) in [4.78, 5) is 10.0. The van der Waals surface area contributed by atoms with Gasteiger partial charge in [-0.15, -0.1) is 13.2 Å². The van der Waals surface area contributed by atoms with E-state index in [0.717, 1.165) is 0 Å². The minimum atomic E-state index is -5.20. The summed E-state index contributed by atoms with van der Waals surface area (Å²) in [5.41, 5.74) is 0. The Morgan fingerprint density at radius 2 is 1.73 bits per heavy atom. The summed E-state index contributed by atoms with van der Waals surface area (Å²) >= 11 is 4.55. The lowest BCUT2D eigenvalue weighted by molar-refractivity contribution is -0.308. The van der Waals surface area contributed by atoms with Crippen molar-refractivity contribution in [3.63, 3.8) is 0 Å². The van der Waals surface area contributed by atoms with Gasteiger partial charge in [-0.05, 0) is 6.92 Å². The molecule has 66 valence electrons. The molecule has 0 fully saturated rings. The molecule has 0 amide bonds. The Kier molecular flexibility index (Phi) is 2.71. The van der Waals surface area contributed by atoms with Crippen LogP contribution in [-0.4, -0.2) is 17.5 Å². The maximum absolute atomic E-state index is 12.1. The number of rotatable bonds is 1. The molecule has 2 nitrogen and oxygen atoms in total. The van der Waals surface area contributed by atoms with Crippen molar-refractivity contribution in [1.29, 1.82) is 0 Å². The van der Waals surface area contributed by atoms with Crippen molar-refractivity contribution in [2.75, 3.05) is 0 Å². The van der Waals surface area contributed by atoms with E-state index < -0.39 is 17.5 Å². The fourth-order valence-corrected chi connectivity index (χ4v) is 0.233. The fourth-order valence-electron chi connectivity index (χ4n) is 0.195. The molecular formula is C4H3ClF4O2. The molecule has 0 N–H and O–H groups in total. The van der Waals surface area contributed by atoms with Gasteiger partial charge in [0.1, 0.15) is 0 Å². The van der Waals surface area contributed by atoms with Crippen molar-refractivity contribution in [3.8, 4) is 0 Å². The van der Waals surface area contributed by atoms with Crippen LogP contribution in [-0.2, 0) is 9.53 Å². The highest BCUT2D eigenvalue weighted by Gasteiger charge is 2.42. The third-order valence-electron chi connectivity index (χ3n) is 0.567. The van der Waals surface area contributed by atoms with Crippen molar-refractivity contribution in [3.05, 3.63) is 0 Å². The van der Waals surface area contributed by atoms with Crippen LogP contribution in [0.4, 0.5) is 17.6 Å². The molecule has 0 bridgehead atoms. The number of carbonyl (C=O) groups excluding carboxylic acids is 1. The van der Waals surface area contributed by atoms with Crippen LogP contribution in [0.15, 0.2) is 0 Å². The van der Waals surface area contributed by atoms with E-state index in [1.54, 1.807) is 0 Å². The number of hydrogen-bond acceptors (Lipinski definition) is 2. The number of ether oxygens (including phenoxy) is 1. The summed E-state index contributed by atoms with van der Waals surface area (Å²) in [6.07, 6.45) is -5.20. The van der Waals surface area contributed by atoms with Crippen molar-refractivity contribution < 1.29 is 27.1 Å². The normalized spacial score (nSPS) is 17.3. The Balaban J connectivity index is 4.11. The molecule has 0 radical (unpaired) electrons. The second-order valence-electron chi connectivity index (χ2n) is 1.72. The van der Waals surface area contributed by atoms with Crippen LogP contribution in [0.3, 0.4) is 0 Å². The first kappa shape index (κ1) is 10.5. The molecule has 0 rings (SSSR count). The molecule has 7 heteroatoms. The van der Waals surface area contributed by atoms with E-state index in [0.29, 0.717) is 6.92 Å². The second kappa shape index (κ2) is 2.84. The van der Waals surface area contributed by atoms with Gasteiger partial charge in [-0.1, -0.05) is 11.6 Å². The fraction of sp³-hybridized carbons (Fsp3) is 0.750. The number of carbonyl (C=O) groups is 1. The maximum Gasteiger partial charge on any atom is 0.575 e. The third-order valence-corrected chi connectivity index (χ3v) is 0.721. The van der Waals surface area contributed by atoms with Crippen LogP contribution in [0.2, 0.25) is 0 Å². The van der Waals surface area contributed by atoms with Crippen LogP contribution >= 0.6 is 11.6 Å². The minimum Gasteiger partial charge on any atom is -0.370 e. The Labute approximate surface area is 64.1 Å². The minimum absolute atomic E-state index is 0.447. The Bertz CT molecular complexity index is 158. The second-order valence-corrected chi connectivity index (χ2v) is 2.43. The molecule has 0 aromatic heterocycles. The zero-order chi connectivity index (χ0) is 9.28. The van der Waals surface area contributed by atoms with E-state index in [4.69, 9.17) is 0 Å². The van der Waals surface area contributed by atoms with Gasteiger partial charge in [-0.25, -0.2) is 9.18 Å². The van der Waals surface area contributed by atoms with E-state index in [-0.39, 0.29) is 0 Å². The molecule has 1 unspecified atom stereocenters. The van der Waals surface area contributed by atoms with Gasteiger partial charge in [0.15, 0.2) is 0 Å². The molecule has 0 saturated carbocycles. The lowest BCUT2D eigenvalue weighted by atomic mass is 10.4. The van der Waals surface area contributed by atoms with Gasteiger partial charge in [0.2, 0.25) is 0 Å². The van der Waals surface area contributed by atoms with Crippen LogP contribution < -0.4 is 0 Å². The number of hydrogen-bond donors (Lipinski definition) is 0. The van der Waals surface area contributed by atoms with Crippen molar-refractivity contribution in [2.24, 2.45) is 0 Å². The van der Waals surface area contributed by atoms with Gasteiger partial charge in [-0.3, -0.25) is 0 Å². The van der Waals surface area contributed by atoms with Crippen LogP contribution in [0.1, 0.15) is 6.92 Å². The maximum atomic E-state index is 12.1. The Morgan fingerprint density at radius 3 is 1.82 bits per heavy atom. The summed E-state index contributed by atoms with van der Waals surface area (Å²) in [7, 11) is 0. The monoisotopic (exact) mass is 194 g/mol. The van der Waals surface area contributed by atoms with Crippen LogP contribution in [0.5, 0.6) is 0 Å². The zero-order valence-corrected chi connectivity index (χ0v) is 5.96. The topological polar surface area (TPSA) is 26.3 Å². The highest BCUT2D eigenvalue weighted by Crippen LogP contribution is 2.24. The molecule has 0 aliphatic rings. The zero-order valence-electron chi connectivity index (χ0n) is 5.21. The van der Waals surface area contributed by atoms with Crippen molar-refractivity contribution in [1.82, 2.24) is 0 Å². The Hall–Kier alpha value is -0.520. The summed E-state index contributed by atoms with van der Waals surface area (Å²) in [5.74, 6) is -2.17. The first-order valence-electron chi connectivity index (χ1n) is 2.31. The number of alkyl halides is 5.